The molecule has 3 aromatic rings. The van der Waals surface area contributed by atoms with E-state index < -0.39 is 5.97 Å². The second-order valence-electron chi connectivity index (χ2n) is 7.50. The van der Waals surface area contributed by atoms with Crippen LogP contribution in [0.2, 0.25) is 0 Å². The lowest BCUT2D eigenvalue weighted by Gasteiger charge is -2.32. The van der Waals surface area contributed by atoms with Gasteiger partial charge >= 0.3 is 5.97 Å². The molecule has 1 saturated heterocycles. The second-order valence-corrected chi connectivity index (χ2v) is 7.50. The van der Waals surface area contributed by atoms with Gasteiger partial charge in [0.15, 0.2) is 0 Å². The molecule has 0 aliphatic carbocycles. The zero-order valence-electron chi connectivity index (χ0n) is 15.9. The number of carbonyl (C=O) groups excluding carboxylic acids is 1. The van der Waals surface area contributed by atoms with Crippen LogP contribution in [-0.4, -0.2) is 40.0 Å². The summed E-state index contributed by atoms with van der Waals surface area (Å²) in [5, 5.41) is 10.7. The van der Waals surface area contributed by atoms with E-state index in [4.69, 9.17) is 0 Å². The minimum atomic E-state index is -0.909. The third-order valence-electron chi connectivity index (χ3n) is 5.64. The van der Waals surface area contributed by atoms with Crippen molar-refractivity contribution in [1.29, 1.82) is 0 Å². The van der Waals surface area contributed by atoms with Crippen molar-refractivity contribution < 1.29 is 14.7 Å². The number of hydrogen-bond donors (Lipinski definition) is 2. The number of aromatic nitrogens is 1. The fourth-order valence-electron chi connectivity index (χ4n) is 4.05. The molecule has 0 spiro atoms. The molecule has 0 radical (unpaired) electrons. The number of hydrogen-bond acceptors (Lipinski definition) is 3. The summed E-state index contributed by atoms with van der Waals surface area (Å²) in [6.07, 6.45) is 2.30. The van der Waals surface area contributed by atoms with Crippen LogP contribution >= 0.6 is 0 Å². The van der Waals surface area contributed by atoms with Crippen LogP contribution in [0.3, 0.4) is 0 Å². The average molecular weight is 390 g/mol. The summed E-state index contributed by atoms with van der Waals surface area (Å²) >= 11 is 0. The van der Waals surface area contributed by atoms with Crippen molar-refractivity contribution in [3.63, 3.8) is 0 Å². The van der Waals surface area contributed by atoms with Gasteiger partial charge in [-0.15, -0.1) is 0 Å². The van der Waals surface area contributed by atoms with Crippen LogP contribution in [0.5, 0.6) is 0 Å². The Balaban J connectivity index is 1.44. The van der Waals surface area contributed by atoms with Crippen molar-refractivity contribution in [3.05, 3.63) is 81.8 Å². The highest BCUT2D eigenvalue weighted by Gasteiger charge is 2.25. The summed E-state index contributed by atoms with van der Waals surface area (Å²) in [6, 6.07) is 16.0. The number of nitrogens with zero attached hydrogens (tertiary/aromatic N) is 1. The van der Waals surface area contributed by atoms with E-state index in [0.29, 0.717) is 42.1 Å². The molecule has 1 aromatic heterocycles. The van der Waals surface area contributed by atoms with Crippen molar-refractivity contribution >= 4 is 22.6 Å². The molecule has 148 valence electrons. The number of H-pyrrole nitrogens is 1. The van der Waals surface area contributed by atoms with Crippen LogP contribution in [0.1, 0.15) is 39.3 Å². The predicted molar refractivity (Wildman–Crippen MR) is 110 cm³/mol. The maximum absolute atomic E-state index is 12.9. The van der Waals surface area contributed by atoms with Crippen molar-refractivity contribution in [1.82, 2.24) is 9.88 Å². The van der Waals surface area contributed by atoms with Crippen molar-refractivity contribution in [2.75, 3.05) is 13.1 Å². The number of aromatic amines is 1. The minimum absolute atomic E-state index is 0.169. The highest BCUT2D eigenvalue weighted by Crippen LogP contribution is 2.24. The van der Waals surface area contributed by atoms with Gasteiger partial charge in [0.25, 0.3) is 11.5 Å². The number of benzene rings is 2. The van der Waals surface area contributed by atoms with Crippen LogP contribution in [0, 0.1) is 5.92 Å². The Morgan fingerprint density at radius 2 is 1.72 bits per heavy atom. The number of rotatable bonds is 4. The lowest BCUT2D eigenvalue weighted by Crippen LogP contribution is -2.39. The van der Waals surface area contributed by atoms with E-state index in [1.807, 2.05) is 24.3 Å². The largest absolute Gasteiger partial charge is 0.478 e. The van der Waals surface area contributed by atoms with Gasteiger partial charge in [0.05, 0.1) is 5.56 Å². The molecule has 6 heteroatoms. The summed E-state index contributed by atoms with van der Waals surface area (Å²) in [5.74, 6) is -0.749. The quantitative estimate of drug-likeness (QED) is 0.715. The number of carbonyl (C=O) groups is 2. The van der Waals surface area contributed by atoms with Gasteiger partial charge in [-0.1, -0.05) is 36.4 Å². The summed E-state index contributed by atoms with van der Waals surface area (Å²) in [5.41, 5.74) is 1.23. The number of pyridine rings is 1. The molecule has 2 heterocycles. The summed E-state index contributed by atoms with van der Waals surface area (Å²) in [4.78, 5) is 41.0. The standard InChI is InChI=1S/C23H22N2O4/c26-21-18-7-3-1-6-17(18)14-20(24-21)22(27)25-11-9-15(10-12-25)13-16-5-2-4-8-19(16)23(28)29/h1-8,14-15H,9-13H2,(H,24,26)(H,28,29). The molecule has 2 N–H and O–H groups in total. The van der Waals surface area contributed by atoms with Gasteiger partial charge < -0.3 is 15.0 Å². The van der Waals surface area contributed by atoms with E-state index in [1.54, 1.807) is 35.2 Å². The molecule has 2 aromatic carbocycles. The Kier molecular flexibility index (Phi) is 5.16. The number of aromatic carboxylic acids is 1. The van der Waals surface area contributed by atoms with E-state index in [1.165, 1.54) is 0 Å². The molecule has 1 aliphatic heterocycles. The fourth-order valence-corrected chi connectivity index (χ4v) is 4.05. The van der Waals surface area contributed by atoms with Gasteiger partial charge in [0.1, 0.15) is 5.69 Å². The molecule has 1 amide bonds. The van der Waals surface area contributed by atoms with Crippen LogP contribution in [0.4, 0.5) is 0 Å². The third kappa shape index (κ3) is 3.92. The van der Waals surface area contributed by atoms with E-state index in [-0.39, 0.29) is 11.5 Å². The SMILES string of the molecule is O=C(O)c1ccccc1CC1CCN(C(=O)c2cc3ccccc3c(=O)[nH]2)CC1. The Hall–Kier alpha value is -3.41. The maximum atomic E-state index is 12.9. The molecule has 0 bridgehead atoms. The molecule has 6 nitrogen and oxygen atoms in total. The Morgan fingerprint density at radius 1 is 1.03 bits per heavy atom. The first-order chi connectivity index (χ1) is 14.0. The molecule has 29 heavy (non-hydrogen) atoms. The molecule has 1 aliphatic rings. The summed E-state index contributed by atoms with van der Waals surface area (Å²) in [6.45, 7) is 1.18. The number of nitrogens with one attached hydrogen (secondary N) is 1. The van der Waals surface area contributed by atoms with Crippen LogP contribution < -0.4 is 5.56 Å². The van der Waals surface area contributed by atoms with Crippen molar-refractivity contribution in [3.8, 4) is 0 Å². The first-order valence-electron chi connectivity index (χ1n) is 9.75. The molecular formula is C23H22N2O4. The molecule has 0 atom stereocenters. The highest BCUT2D eigenvalue weighted by atomic mass is 16.4. The second kappa shape index (κ2) is 7.91. The van der Waals surface area contributed by atoms with E-state index in [9.17, 15) is 19.5 Å². The number of carboxylic acids is 1. The number of piperidine rings is 1. The summed E-state index contributed by atoms with van der Waals surface area (Å²) in [7, 11) is 0. The Bertz CT molecular complexity index is 1130. The molecule has 1 fully saturated rings. The fraction of sp³-hybridized carbons (Fsp3) is 0.261. The van der Waals surface area contributed by atoms with Gasteiger partial charge in [-0.05, 0) is 54.3 Å². The van der Waals surface area contributed by atoms with Gasteiger partial charge in [0, 0.05) is 18.5 Å². The van der Waals surface area contributed by atoms with Crippen LogP contribution in [-0.2, 0) is 6.42 Å². The normalized spacial score (nSPS) is 14.8. The Labute approximate surface area is 167 Å². The average Bonchev–Trinajstić information content (AvgIpc) is 2.74. The minimum Gasteiger partial charge on any atom is -0.478 e. The van der Waals surface area contributed by atoms with Crippen LogP contribution in [0.15, 0.2) is 59.4 Å². The van der Waals surface area contributed by atoms with E-state index in [2.05, 4.69) is 4.98 Å². The predicted octanol–water partition coefficient (Wildman–Crippen LogP) is 3.32. The van der Waals surface area contributed by atoms with E-state index in [0.717, 1.165) is 23.8 Å². The summed E-state index contributed by atoms with van der Waals surface area (Å²) < 4.78 is 0. The topological polar surface area (TPSA) is 90.5 Å². The lowest BCUT2D eigenvalue weighted by molar-refractivity contribution is 0.0684. The number of fused-ring (bicyclic) bond motifs is 1. The first-order valence-corrected chi connectivity index (χ1v) is 9.75. The van der Waals surface area contributed by atoms with Gasteiger partial charge in [-0.25, -0.2) is 4.79 Å². The maximum Gasteiger partial charge on any atom is 0.335 e. The number of amides is 1. The third-order valence-corrected chi connectivity index (χ3v) is 5.64. The first kappa shape index (κ1) is 18.9. The molecular weight excluding hydrogens is 368 g/mol. The van der Waals surface area contributed by atoms with Crippen molar-refractivity contribution in [2.24, 2.45) is 5.92 Å². The van der Waals surface area contributed by atoms with E-state index >= 15 is 0 Å². The van der Waals surface area contributed by atoms with Gasteiger partial charge in [-0.3, -0.25) is 9.59 Å². The lowest BCUT2D eigenvalue weighted by atomic mass is 9.88. The molecule has 0 saturated carbocycles. The van der Waals surface area contributed by atoms with Crippen LogP contribution in [0.25, 0.3) is 10.8 Å². The monoisotopic (exact) mass is 390 g/mol. The number of carboxylic acid groups (broad SMARTS) is 1. The molecule has 0 unspecified atom stereocenters. The molecule has 4 rings (SSSR count). The van der Waals surface area contributed by atoms with Gasteiger partial charge in [-0.2, -0.15) is 0 Å². The van der Waals surface area contributed by atoms with Crippen molar-refractivity contribution in [2.45, 2.75) is 19.3 Å². The Morgan fingerprint density at radius 3 is 2.48 bits per heavy atom. The zero-order valence-corrected chi connectivity index (χ0v) is 15.9. The smallest absolute Gasteiger partial charge is 0.335 e. The number of likely N-dealkylation sites (tertiary alicyclic amines) is 1. The zero-order chi connectivity index (χ0) is 20.4. The highest BCUT2D eigenvalue weighted by molar-refractivity contribution is 5.96. The van der Waals surface area contributed by atoms with Gasteiger partial charge in [0.2, 0.25) is 0 Å².